The maximum atomic E-state index is 12.8. The summed E-state index contributed by atoms with van der Waals surface area (Å²) < 4.78 is 16.8. The second-order valence-corrected chi connectivity index (χ2v) is 10.0. The molecule has 1 atom stereocenters. The minimum atomic E-state index is -0.805. The van der Waals surface area contributed by atoms with Gasteiger partial charge in [-0.1, -0.05) is 43.6 Å². The van der Waals surface area contributed by atoms with Crippen LogP contribution in [0.5, 0.6) is 17.2 Å². The summed E-state index contributed by atoms with van der Waals surface area (Å²) in [6, 6.07) is 20.0. The van der Waals surface area contributed by atoms with E-state index in [-0.39, 0.29) is 25.0 Å². The standard InChI is InChI=1S/C31H35ClN4O6/c1-4-40-28-17-22(10-15-27(28)42-20-29(37)34-24-8-6-5-7-9-24)18-33-36-31(39)26(16-21(2)3)35-30(38)19-41-25-13-11-23(32)12-14-25/h5-15,17-18,21,26H,4,16,19-20H2,1-3H3,(H,34,37)(H,35,38)(H,36,39)/b33-18-/t26-/m1/s1. The zero-order valence-corrected chi connectivity index (χ0v) is 24.5. The molecule has 0 aliphatic carbocycles. The van der Waals surface area contributed by atoms with Gasteiger partial charge in [-0.05, 0) is 79.4 Å². The third kappa shape index (κ3) is 11.1. The molecule has 3 aromatic rings. The first kappa shape index (κ1) is 32.0. The maximum absolute atomic E-state index is 12.8. The van der Waals surface area contributed by atoms with E-state index < -0.39 is 17.9 Å². The molecule has 0 radical (unpaired) electrons. The Bertz CT molecular complexity index is 1350. The van der Waals surface area contributed by atoms with Crippen molar-refractivity contribution >= 4 is 41.2 Å². The number of nitrogens with one attached hydrogen (secondary N) is 3. The average molecular weight is 595 g/mol. The number of anilines is 1. The van der Waals surface area contributed by atoms with E-state index in [4.69, 9.17) is 25.8 Å². The summed E-state index contributed by atoms with van der Waals surface area (Å²) >= 11 is 5.87. The molecular formula is C31H35ClN4O6. The molecule has 0 saturated heterocycles. The maximum Gasteiger partial charge on any atom is 0.262 e. The van der Waals surface area contributed by atoms with Crippen LogP contribution < -0.4 is 30.3 Å². The van der Waals surface area contributed by atoms with Crippen molar-refractivity contribution in [3.63, 3.8) is 0 Å². The van der Waals surface area contributed by atoms with Gasteiger partial charge in [0.15, 0.2) is 24.7 Å². The van der Waals surface area contributed by atoms with Gasteiger partial charge in [-0.3, -0.25) is 14.4 Å². The molecule has 3 rings (SSSR count). The highest BCUT2D eigenvalue weighted by molar-refractivity contribution is 6.30. The summed E-state index contributed by atoms with van der Waals surface area (Å²) in [4.78, 5) is 37.6. The molecule has 3 aromatic carbocycles. The summed E-state index contributed by atoms with van der Waals surface area (Å²) in [7, 11) is 0. The quantitative estimate of drug-likeness (QED) is 0.171. The highest BCUT2D eigenvalue weighted by atomic mass is 35.5. The Labute approximate surface area is 250 Å². The van der Waals surface area contributed by atoms with Gasteiger partial charge in [0.05, 0.1) is 12.8 Å². The first-order valence-electron chi connectivity index (χ1n) is 13.5. The van der Waals surface area contributed by atoms with Crippen LogP contribution in [0, 0.1) is 5.92 Å². The minimum absolute atomic E-state index is 0.137. The third-order valence-electron chi connectivity index (χ3n) is 5.61. The van der Waals surface area contributed by atoms with E-state index in [1.54, 1.807) is 54.6 Å². The average Bonchev–Trinajstić information content (AvgIpc) is 2.96. The predicted octanol–water partition coefficient (Wildman–Crippen LogP) is 4.82. The Morgan fingerprint density at radius 3 is 2.29 bits per heavy atom. The first-order valence-corrected chi connectivity index (χ1v) is 13.9. The Morgan fingerprint density at radius 2 is 1.60 bits per heavy atom. The van der Waals surface area contributed by atoms with E-state index >= 15 is 0 Å². The van der Waals surface area contributed by atoms with Gasteiger partial charge in [-0.2, -0.15) is 5.10 Å². The number of hydrazone groups is 1. The van der Waals surface area contributed by atoms with Crippen molar-refractivity contribution in [2.45, 2.75) is 33.2 Å². The van der Waals surface area contributed by atoms with Gasteiger partial charge in [0, 0.05) is 10.7 Å². The van der Waals surface area contributed by atoms with Crippen LogP contribution in [0.25, 0.3) is 0 Å². The lowest BCUT2D eigenvalue weighted by Gasteiger charge is -2.19. The van der Waals surface area contributed by atoms with E-state index in [2.05, 4.69) is 21.2 Å². The number of para-hydroxylation sites is 1. The zero-order valence-electron chi connectivity index (χ0n) is 23.8. The molecule has 11 heteroatoms. The lowest BCUT2D eigenvalue weighted by atomic mass is 10.0. The van der Waals surface area contributed by atoms with Gasteiger partial charge in [0.25, 0.3) is 17.7 Å². The molecule has 0 aliphatic heterocycles. The van der Waals surface area contributed by atoms with E-state index in [0.717, 1.165) is 0 Å². The predicted molar refractivity (Wildman–Crippen MR) is 162 cm³/mol. The molecule has 10 nitrogen and oxygen atoms in total. The summed E-state index contributed by atoms with van der Waals surface area (Å²) in [5, 5.41) is 10.1. The van der Waals surface area contributed by atoms with Gasteiger partial charge in [-0.15, -0.1) is 0 Å². The van der Waals surface area contributed by atoms with Crippen LogP contribution in [0.3, 0.4) is 0 Å². The number of hydrogen-bond donors (Lipinski definition) is 3. The molecule has 222 valence electrons. The van der Waals surface area contributed by atoms with Gasteiger partial charge in [0.2, 0.25) is 0 Å². The van der Waals surface area contributed by atoms with Crippen molar-refractivity contribution in [2.24, 2.45) is 11.0 Å². The van der Waals surface area contributed by atoms with Crippen LogP contribution in [-0.2, 0) is 14.4 Å². The summed E-state index contributed by atoms with van der Waals surface area (Å²) in [6.07, 6.45) is 1.86. The Morgan fingerprint density at radius 1 is 0.881 bits per heavy atom. The van der Waals surface area contributed by atoms with Gasteiger partial charge < -0.3 is 24.8 Å². The highest BCUT2D eigenvalue weighted by Gasteiger charge is 2.22. The number of hydrogen-bond acceptors (Lipinski definition) is 7. The van der Waals surface area contributed by atoms with Gasteiger partial charge >= 0.3 is 0 Å². The fourth-order valence-electron chi connectivity index (χ4n) is 3.72. The Hall–Kier alpha value is -4.57. The molecule has 0 aromatic heterocycles. The normalized spacial score (nSPS) is 11.5. The molecule has 0 spiro atoms. The fraction of sp³-hybridized carbons (Fsp3) is 0.290. The number of rotatable bonds is 15. The molecule has 0 aliphatic rings. The van der Waals surface area contributed by atoms with Crippen LogP contribution in [0.4, 0.5) is 5.69 Å². The van der Waals surface area contributed by atoms with E-state index in [0.29, 0.717) is 46.5 Å². The summed E-state index contributed by atoms with van der Waals surface area (Å²) in [6.45, 7) is 5.65. The smallest absolute Gasteiger partial charge is 0.262 e. The molecule has 0 unspecified atom stereocenters. The number of halogens is 1. The van der Waals surface area contributed by atoms with Crippen LogP contribution >= 0.6 is 11.6 Å². The molecule has 0 fully saturated rings. The van der Waals surface area contributed by atoms with Crippen molar-refractivity contribution in [3.8, 4) is 17.2 Å². The number of ether oxygens (including phenoxy) is 3. The van der Waals surface area contributed by atoms with E-state index in [9.17, 15) is 14.4 Å². The molecule has 0 heterocycles. The number of carbonyl (C=O) groups is 3. The first-order chi connectivity index (χ1) is 20.2. The minimum Gasteiger partial charge on any atom is -0.490 e. The third-order valence-corrected chi connectivity index (χ3v) is 5.87. The SMILES string of the molecule is CCOc1cc(/C=N\NC(=O)[C@@H](CC(C)C)NC(=O)COc2ccc(Cl)cc2)ccc1OCC(=O)Nc1ccccc1. The number of carbonyl (C=O) groups excluding carboxylic acids is 3. The summed E-state index contributed by atoms with van der Waals surface area (Å²) in [5.41, 5.74) is 3.78. The number of benzene rings is 3. The van der Waals surface area contributed by atoms with Crippen molar-refractivity contribution in [3.05, 3.63) is 83.4 Å². The van der Waals surface area contributed by atoms with Crippen LogP contribution in [-0.4, -0.2) is 49.8 Å². The summed E-state index contributed by atoms with van der Waals surface area (Å²) in [5.74, 6) is 0.225. The largest absolute Gasteiger partial charge is 0.490 e. The van der Waals surface area contributed by atoms with Crippen molar-refractivity contribution < 1.29 is 28.6 Å². The molecule has 3 N–H and O–H groups in total. The van der Waals surface area contributed by atoms with E-state index in [1.165, 1.54) is 6.21 Å². The molecule has 3 amide bonds. The Balaban J connectivity index is 1.55. The second kappa shape index (κ2) is 16.6. The monoisotopic (exact) mass is 594 g/mol. The van der Waals surface area contributed by atoms with Crippen LogP contribution in [0.1, 0.15) is 32.8 Å². The fourth-order valence-corrected chi connectivity index (χ4v) is 3.85. The van der Waals surface area contributed by atoms with Crippen LogP contribution in [0.15, 0.2) is 77.9 Å². The van der Waals surface area contributed by atoms with Crippen molar-refractivity contribution in [1.82, 2.24) is 10.7 Å². The van der Waals surface area contributed by atoms with Gasteiger partial charge in [0.1, 0.15) is 11.8 Å². The number of nitrogens with zero attached hydrogens (tertiary/aromatic N) is 1. The van der Waals surface area contributed by atoms with Crippen LogP contribution in [0.2, 0.25) is 5.02 Å². The van der Waals surface area contributed by atoms with Gasteiger partial charge in [-0.25, -0.2) is 5.43 Å². The molecule has 0 bridgehead atoms. The lowest BCUT2D eigenvalue weighted by molar-refractivity contribution is -0.130. The van der Waals surface area contributed by atoms with Crippen molar-refractivity contribution in [2.75, 3.05) is 25.1 Å². The molecular weight excluding hydrogens is 560 g/mol. The molecule has 42 heavy (non-hydrogen) atoms. The lowest BCUT2D eigenvalue weighted by Crippen LogP contribution is -2.47. The molecule has 0 saturated carbocycles. The van der Waals surface area contributed by atoms with Crippen molar-refractivity contribution in [1.29, 1.82) is 0 Å². The Kier molecular flexibility index (Phi) is 12.7. The zero-order chi connectivity index (χ0) is 30.3. The topological polar surface area (TPSA) is 127 Å². The highest BCUT2D eigenvalue weighted by Crippen LogP contribution is 2.28. The second-order valence-electron chi connectivity index (χ2n) is 9.57. The number of amides is 3. The van der Waals surface area contributed by atoms with E-state index in [1.807, 2.05) is 39.0 Å².